The molecule has 0 N–H and O–H groups in total. The molecule has 0 bridgehead atoms. The van der Waals surface area contributed by atoms with Crippen LogP contribution in [0.2, 0.25) is 0 Å². The van der Waals surface area contributed by atoms with E-state index in [0.717, 1.165) is 10.8 Å². The summed E-state index contributed by atoms with van der Waals surface area (Å²) in [4.78, 5) is 11.3. The van der Waals surface area contributed by atoms with Gasteiger partial charge in [-0.3, -0.25) is 4.79 Å². The van der Waals surface area contributed by atoms with Crippen molar-refractivity contribution in [3.63, 3.8) is 0 Å². The zero-order valence-corrected chi connectivity index (χ0v) is 7.75. The first-order chi connectivity index (χ1) is 6.68. The molecule has 0 heterocycles. The lowest BCUT2D eigenvalue weighted by atomic mass is 10.0. The summed E-state index contributed by atoms with van der Waals surface area (Å²) in [5.74, 6) is -0.277. The van der Waals surface area contributed by atoms with E-state index in [2.05, 4.69) is 0 Å². The molecule has 14 heavy (non-hydrogen) atoms. The molecule has 0 saturated heterocycles. The third kappa shape index (κ3) is 1.39. The SMILES string of the molecule is CC(=O)c1cccc2cc(F)ccc12. The Morgan fingerprint density at radius 3 is 2.71 bits per heavy atom. The lowest BCUT2D eigenvalue weighted by Gasteiger charge is -2.02. The summed E-state index contributed by atoms with van der Waals surface area (Å²) >= 11 is 0. The topological polar surface area (TPSA) is 17.1 Å². The maximum Gasteiger partial charge on any atom is 0.160 e. The van der Waals surface area contributed by atoms with Crippen LogP contribution in [0.3, 0.4) is 0 Å². The number of rotatable bonds is 1. The summed E-state index contributed by atoms with van der Waals surface area (Å²) in [5, 5.41) is 1.57. The summed E-state index contributed by atoms with van der Waals surface area (Å²) in [6.07, 6.45) is 0. The van der Waals surface area contributed by atoms with Gasteiger partial charge in [-0.25, -0.2) is 4.39 Å². The van der Waals surface area contributed by atoms with Gasteiger partial charge >= 0.3 is 0 Å². The Morgan fingerprint density at radius 2 is 2.00 bits per heavy atom. The second-order valence-corrected chi connectivity index (χ2v) is 3.23. The van der Waals surface area contributed by atoms with E-state index in [1.165, 1.54) is 19.1 Å². The van der Waals surface area contributed by atoms with E-state index in [-0.39, 0.29) is 11.6 Å². The number of hydrogen-bond donors (Lipinski definition) is 0. The van der Waals surface area contributed by atoms with Gasteiger partial charge in [0.25, 0.3) is 0 Å². The molecule has 0 atom stereocenters. The van der Waals surface area contributed by atoms with Crippen molar-refractivity contribution in [2.24, 2.45) is 0 Å². The predicted molar refractivity (Wildman–Crippen MR) is 53.9 cm³/mol. The molecule has 0 aliphatic rings. The first-order valence-corrected chi connectivity index (χ1v) is 4.38. The summed E-state index contributed by atoms with van der Waals surface area (Å²) in [5.41, 5.74) is 0.641. The fourth-order valence-electron chi connectivity index (χ4n) is 1.56. The van der Waals surface area contributed by atoms with E-state index < -0.39 is 0 Å². The molecule has 0 saturated carbocycles. The molecule has 2 heteroatoms. The maximum absolute atomic E-state index is 12.9. The fourth-order valence-corrected chi connectivity index (χ4v) is 1.56. The van der Waals surface area contributed by atoms with Crippen LogP contribution in [-0.2, 0) is 0 Å². The Hall–Kier alpha value is -1.70. The highest BCUT2D eigenvalue weighted by atomic mass is 19.1. The minimum Gasteiger partial charge on any atom is -0.294 e. The minimum atomic E-state index is -0.279. The van der Waals surface area contributed by atoms with E-state index >= 15 is 0 Å². The largest absolute Gasteiger partial charge is 0.294 e. The van der Waals surface area contributed by atoms with Crippen LogP contribution in [0.4, 0.5) is 4.39 Å². The van der Waals surface area contributed by atoms with Gasteiger partial charge in [-0.15, -0.1) is 0 Å². The average Bonchev–Trinajstić information content (AvgIpc) is 2.16. The summed E-state index contributed by atoms with van der Waals surface area (Å²) in [6.45, 7) is 1.51. The number of fused-ring (bicyclic) bond motifs is 1. The first-order valence-electron chi connectivity index (χ1n) is 4.38. The number of hydrogen-bond acceptors (Lipinski definition) is 1. The van der Waals surface area contributed by atoms with Crippen molar-refractivity contribution in [2.75, 3.05) is 0 Å². The summed E-state index contributed by atoms with van der Waals surface area (Å²) in [7, 11) is 0. The highest BCUT2D eigenvalue weighted by Crippen LogP contribution is 2.20. The molecular formula is C12H9FO. The van der Waals surface area contributed by atoms with Gasteiger partial charge in [0.1, 0.15) is 5.82 Å². The first kappa shape index (κ1) is 8.88. The Bertz CT molecular complexity index is 503. The van der Waals surface area contributed by atoms with Crippen molar-refractivity contribution in [1.29, 1.82) is 0 Å². The molecular weight excluding hydrogens is 179 g/mol. The van der Waals surface area contributed by atoms with Crippen LogP contribution in [0.25, 0.3) is 10.8 Å². The molecule has 0 aromatic heterocycles. The van der Waals surface area contributed by atoms with E-state index in [1.54, 1.807) is 24.3 Å². The van der Waals surface area contributed by atoms with Crippen molar-refractivity contribution >= 4 is 16.6 Å². The normalized spacial score (nSPS) is 10.4. The molecule has 0 spiro atoms. The summed E-state index contributed by atoms with van der Waals surface area (Å²) in [6, 6.07) is 9.75. The second-order valence-electron chi connectivity index (χ2n) is 3.23. The lowest BCUT2D eigenvalue weighted by molar-refractivity contribution is 0.101. The maximum atomic E-state index is 12.9. The van der Waals surface area contributed by atoms with Gasteiger partial charge in [-0.2, -0.15) is 0 Å². The monoisotopic (exact) mass is 188 g/mol. The highest BCUT2D eigenvalue weighted by molar-refractivity contribution is 6.06. The van der Waals surface area contributed by atoms with Crippen molar-refractivity contribution < 1.29 is 9.18 Å². The minimum absolute atomic E-state index is 0.00204. The van der Waals surface area contributed by atoms with Gasteiger partial charge in [0, 0.05) is 5.56 Å². The molecule has 2 rings (SSSR count). The molecule has 2 aromatic rings. The molecule has 0 radical (unpaired) electrons. The number of carbonyl (C=O) groups is 1. The number of benzene rings is 2. The van der Waals surface area contributed by atoms with E-state index in [0.29, 0.717) is 5.56 Å². The molecule has 0 aliphatic carbocycles. The lowest BCUT2D eigenvalue weighted by Crippen LogP contribution is -1.93. The van der Waals surface area contributed by atoms with Gasteiger partial charge in [0.15, 0.2) is 5.78 Å². The Labute approximate surface area is 81.2 Å². The standard InChI is InChI=1S/C12H9FO/c1-8(14)11-4-2-3-9-7-10(13)5-6-12(9)11/h2-7H,1H3. The van der Waals surface area contributed by atoms with Crippen molar-refractivity contribution in [1.82, 2.24) is 0 Å². The molecule has 0 amide bonds. The van der Waals surface area contributed by atoms with Crippen LogP contribution >= 0.6 is 0 Å². The third-order valence-corrected chi connectivity index (χ3v) is 2.22. The van der Waals surface area contributed by atoms with Crippen molar-refractivity contribution in [3.8, 4) is 0 Å². The van der Waals surface area contributed by atoms with Crippen LogP contribution in [0.5, 0.6) is 0 Å². The van der Waals surface area contributed by atoms with Gasteiger partial charge in [-0.1, -0.05) is 24.3 Å². The summed E-state index contributed by atoms with van der Waals surface area (Å²) < 4.78 is 12.9. The van der Waals surface area contributed by atoms with Gasteiger partial charge in [0.2, 0.25) is 0 Å². The Balaban J connectivity index is 2.81. The fraction of sp³-hybridized carbons (Fsp3) is 0.0833. The second kappa shape index (κ2) is 3.22. The zero-order valence-electron chi connectivity index (χ0n) is 7.75. The zero-order chi connectivity index (χ0) is 10.1. The van der Waals surface area contributed by atoms with E-state index in [9.17, 15) is 9.18 Å². The number of carbonyl (C=O) groups excluding carboxylic acids is 1. The third-order valence-electron chi connectivity index (χ3n) is 2.22. The van der Waals surface area contributed by atoms with Crippen LogP contribution in [0.1, 0.15) is 17.3 Å². The molecule has 1 nitrogen and oxygen atoms in total. The molecule has 2 aromatic carbocycles. The van der Waals surface area contributed by atoms with Crippen molar-refractivity contribution in [3.05, 3.63) is 47.8 Å². The molecule has 0 fully saturated rings. The van der Waals surface area contributed by atoms with Crippen molar-refractivity contribution in [2.45, 2.75) is 6.92 Å². The van der Waals surface area contributed by atoms with Crippen LogP contribution in [-0.4, -0.2) is 5.78 Å². The Morgan fingerprint density at radius 1 is 1.21 bits per heavy atom. The van der Waals surface area contributed by atoms with Crippen LogP contribution in [0, 0.1) is 5.82 Å². The molecule has 0 aliphatic heterocycles. The number of halogens is 1. The number of ketones is 1. The van der Waals surface area contributed by atoms with Crippen LogP contribution in [0.15, 0.2) is 36.4 Å². The molecule has 70 valence electrons. The predicted octanol–water partition coefficient (Wildman–Crippen LogP) is 3.18. The smallest absolute Gasteiger partial charge is 0.160 e. The highest BCUT2D eigenvalue weighted by Gasteiger charge is 2.04. The van der Waals surface area contributed by atoms with E-state index in [4.69, 9.17) is 0 Å². The van der Waals surface area contributed by atoms with Gasteiger partial charge in [-0.05, 0) is 29.8 Å². The quantitative estimate of drug-likeness (QED) is 0.628. The van der Waals surface area contributed by atoms with Gasteiger partial charge in [0.05, 0.1) is 0 Å². The van der Waals surface area contributed by atoms with Gasteiger partial charge < -0.3 is 0 Å². The Kier molecular flexibility index (Phi) is 2.04. The van der Waals surface area contributed by atoms with E-state index in [1.807, 2.05) is 0 Å². The molecule has 0 unspecified atom stereocenters. The van der Waals surface area contributed by atoms with Crippen LogP contribution < -0.4 is 0 Å². The number of Topliss-reactive ketones (excluding diaryl/α,β-unsaturated/α-hetero) is 1. The average molecular weight is 188 g/mol.